The van der Waals surface area contributed by atoms with Crippen LogP contribution >= 0.6 is 0 Å². The second kappa shape index (κ2) is 6.01. The number of hydrogen-bond acceptors (Lipinski definition) is 4. The lowest BCUT2D eigenvalue weighted by Crippen LogP contribution is -2.06. The van der Waals surface area contributed by atoms with Crippen LogP contribution in [-0.4, -0.2) is 26.4 Å². The molecule has 0 atom stereocenters. The summed E-state index contributed by atoms with van der Waals surface area (Å²) < 4.78 is 22.3. The zero-order valence-electron chi connectivity index (χ0n) is 11.3. The van der Waals surface area contributed by atoms with E-state index in [9.17, 15) is 0 Å². The van der Waals surface area contributed by atoms with Crippen molar-refractivity contribution in [1.29, 1.82) is 0 Å². The van der Waals surface area contributed by atoms with Crippen LogP contribution in [0.25, 0.3) is 0 Å². The predicted molar refractivity (Wildman–Crippen MR) is 69.7 cm³/mol. The molecule has 19 heavy (non-hydrogen) atoms. The van der Waals surface area contributed by atoms with Crippen LogP contribution in [0.2, 0.25) is 0 Å². The second-order valence-electron chi connectivity index (χ2n) is 4.86. The normalized spacial score (nSPS) is 21.3. The van der Waals surface area contributed by atoms with Crippen LogP contribution in [0.15, 0.2) is 18.2 Å². The Morgan fingerprint density at radius 1 is 0.947 bits per heavy atom. The summed E-state index contributed by atoms with van der Waals surface area (Å²) in [6.45, 7) is 4.86. The summed E-state index contributed by atoms with van der Waals surface area (Å²) in [4.78, 5) is 0. The van der Waals surface area contributed by atoms with Crippen molar-refractivity contribution in [2.75, 3.05) is 26.4 Å². The molecular weight excluding hydrogens is 244 g/mol. The van der Waals surface area contributed by atoms with Gasteiger partial charge in [0.15, 0.2) is 12.6 Å². The third-order valence-electron chi connectivity index (χ3n) is 3.46. The first kappa shape index (κ1) is 13.1. The first-order chi connectivity index (χ1) is 9.38. The lowest BCUT2D eigenvalue weighted by molar-refractivity contribution is -0.0473. The number of benzene rings is 1. The fourth-order valence-electron chi connectivity index (χ4n) is 2.58. The van der Waals surface area contributed by atoms with E-state index in [4.69, 9.17) is 18.9 Å². The Balaban J connectivity index is 1.86. The summed E-state index contributed by atoms with van der Waals surface area (Å²) in [5, 5.41) is 0. The van der Waals surface area contributed by atoms with Gasteiger partial charge in [-0.1, -0.05) is 31.5 Å². The van der Waals surface area contributed by atoms with Crippen LogP contribution in [-0.2, 0) is 25.4 Å². The van der Waals surface area contributed by atoms with Gasteiger partial charge in [0.05, 0.1) is 26.4 Å². The molecule has 2 saturated heterocycles. The average molecular weight is 264 g/mol. The minimum Gasteiger partial charge on any atom is -0.346 e. The third-order valence-corrected chi connectivity index (χ3v) is 3.46. The summed E-state index contributed by atoms with van der Waals surface area (Å²) in [5.74, 6) is 0. The Morgan fingerprint density at radius 2 is 1.58 bits per heavy atom. The lowest BCUT2D eigenvalue weighted by Gasteiger charge is -2.17. The second-order valence-corrected chi connectivity index (χ2v) is 4.86. The highest BCUT2D eigenvalue weighted by atomic mass is 16.7. The molecule has 2 aliphatic heterocycles. The van der Waals surface area contributed by atoms with E-state index in [0.717, 1.165) is 24.0 Å². The highest BCUT2D eigenvalue weighted by Crippen LogP contribution is 2.31. The molecule has 0 spiro atoms. The monoisotopic (exact) mass is 264 g/mol. The topological polar surface area (TPSA) is 36.9 Å². The fourth-order valence-corrected chi connectivity index (χ4v) is 2.58. The number of rotatable bonds is 4. The van der Waals surface area contributed by atoms with E-state index < -0.39 is 0 Å². The van der Waals surface area contributed by atoms with Gasteiger partial charge in [-0.25, -0.2) is 0 Å². The van der Waals surface area contributed by atoms with Crippen molar-refractivity contribution in [3.05, 3.63) is 34.9 Å². The van der Waals surface area contributed by atoms with Crippen molar-refractivity contribution in [3.8, 4) is 0 Å². The van der Waals surface area contributed by atoms with E-state index in [1.54, 1.807) is 0 Å². The minimum absolute atomic E-state index is 0.207. The molecule has 0 bridgehead atoms. The zero-order valence-corrected chi connectivity index (χ0v) is 11.3. The van der Waals surface area contributed by atoms with Crippen molar-refractivity contribution in [2.45, 2.75) is 32.3 Å². The van der Waals surface area contributed by atoms with Gasteiger partial charge in [-0.3, -0.25) is 0 Å². The maximum atomic E-state index is 5.61. The van der Waals surface area contributed by atoms with Gasteiger partial charge in [0.1, 0.15) is 0 Å². The molecule has 0 N–H and O–H groups in total. The molecule has 0 amide bonds. The number of ether oxygens (including phenoxy) is 4. The molecule has 0 radical (unpaired) electrons. The Morgan fingerprint density at radius 3 is 2.21 bits per heavy atom. The standard InChI is InChI=1S/C15H20O4/c1-2-3-11-10-12(14-16-6-7-17-14)4-5-13(11)15-18-8-9-19-15/h4-5,10,14-15H,2-3,6-9H2,1H3. The molecule has 2 heterocycles. The van der Waals surface area contributed by atoms with Crippen LogP contribution < -0.4 is 0 Å². The average Bonchev–Trinajstić information content (AvgIpc) is 3.13. The van der Waals surface area contributed by atoms with E-state index in [-0.39, 0.29) is 12.6 Å². The zero-order chi connectivity index (χ0) is 13.1. The van der Waals surface area contributed by atoms with Crippen LogP contribution in [0.1, 0.15) is 42.6 Å². The van der Waals surface area contributed by atoms with E-state index >= 15 is 0 Å². The van der Waals surface area contributed by atoms with Crippen molar-refractivity contribution in [3.63, 3.8) is 0 Å². The molecule has 4 nitrogen and oxygen atoms in total. The van der Waals surface area contributed by atoms with Crippen molar-refractivity contribution in [1.82, 2.24) is 0 Å². The summed E-state index contributed by atoms with van der Waals surface area (Å²) >= 11 is 0. The van der Waals surface area contributed by atoms with E-state index in [0.29, 0.717) is 26.4 Å². The molecule has 2 aliphatic rings. The van der Waals surface area contributed by atoms with Crippen molar-refractivity contribution < 1.29 is 18.9 Å². The fraction of sp³-hybridized carbons (Fsp3) is 0.600. The van der Waals surface area contributed by atoms with Gasteiger partial charge < -0.3 is 18.9 Å². The number of aryl methyl sites for hydroxylation is 1. The maximum absolute atomic E-state index is 5.61. The minimum atomic E-state index is -0.213. The lowest BCUT2D eigenvalue weighted by atomic mass is 9.99. The molecule has 1 aromatic rings. The maximum Gasteiger partial charge on any atom is 0.184 e. The van der Waals surface area contributed by atoms with E-state index in [2.05, 4.69) is 25.1 Å². The molecule has 3 rings (SSSR count). The van der Waals surface area contributed by atoms with E-state index in [1.165, 1.54) is 5.56 Å². The van der Waals surface area contributed by atoms with Crippen LogP contribution in [0.3, 0.4) is 0 Å². The summed E-state index contributed by atoms with van der Waals surface area (Å²) in [5.41, 5.74) is 3.50. The summed E-state index contributed by atoms with van der Waals surface area (Å²) in [6.07, 6.45) is 1.69. The Hall–Kier alpha value is -0.940. The molecule has 0 saturated carbocycles. The Kier molecular flexibility index (Phi) is 4.13. The van der Waals surface area contributed by atoms with Gasteiger partial charge >= 0.3 is 0 Å². The van der Waals surface area contributed by atoms with Crippen molar-refractivity contribution >= 4 is 0 Å². The smallest absolute Gasteiger partial charge is 0.184 e. The highest BCUT2D eigenvalue weighted by Gasteiger charge is 2.24. The van der Waals surface area contributed by atoms with Crippen LogP contribution in [0, 0.1) is 0 Å². The van der Waals surface area contributed by atoms with Gasteiger partial charge in [-0.05, 0) is 12.0 Å². The molecule has 4 heteroatoms. The molecule has 0 aromatic heterocycles. The van der Waals surface area contributed by atoms with Crippen LogP contribution in [0.5, 0.6) is 0 Å². The summed E-state index contributed by atoms with van der Waals surface area (Å²) in [7, 11) is 0. The first-order valence-electron chi connectivity index (χ1n) is 6.97. The SMILES string of the molecule is CCCc1cc(C2OCCO2)ccc1C1OCCO1. The molecular formula is C15H20O4. The highest BCUT2D eigenvalue weighted by molar-refractivity contribution is 5.34. The molecule has 1 aromatic carbocycles. The van der Waals surface area contributed by atoms with Gasteiger partial charge in [0, 0.05) is 11.1 Å². The number of hydrogen-bond donors (Lipinski definition) is 0. The van der Waals surface area contributed by atoms with E-state index in [1.807, 2.05) is 0 Å². The van der Waals surface area contributed by atoms with Gasteiger partial charge in [0.2, 0.25) is 0 Å². The third kappa shape index (κ3) is 2.82. The van der Waals surface area contributed by atoms with Gasteiger partial charge in [-0.2, -0.15) is 0 Å². The Labute approximate surface area is 113 Å². The predicted octanol–water partition coefficient (Wildman–Crippen LogP) is 2.73. The largest absolute Gasteiger partial charge is 0.346 e. The molecule has 0 unspecified atom stereocenters. The quantitative estimate of drug-likeness (QED) is 0.838. The molecule has 0 aliphatic carbocycles. The molecule has 2 fully saturated rings. The van der Waals surface area contributed by atoms with Crippen molar-refractivity contribution in [2.24, 2.45) is 0 Å². The molecule has 104 valence electrons. The van der Waals surface area contributed by atoms with Gasteiger partial charge in [-0.15, -0.1) is 0 Å². The Bertz CT molecular complexity index is 420. The summed E-state index contributed by atoms with van der Waals surface area (Å²) in [6, 6.07) is 6.30. The van der Waals surface area contributed by atoms with Crippen LogP contribution in [0.4, 0.5) is 0 Å². The first-order valence-corrected chi connectivity index (χ1v) is 6.97. The van der Waals surface area contributed by atoms with Gasteiger partial charge in [0.25, 0.3) is 0 Å².